The highest BCUT2D eigenvalue weighted by molar-refractivity contribution is 6.42. The molecule has 0 bridgehead atoms. The predicted octanol–water partition coefficient (Wildman–Crippen LogP) is 4.95. The van der Waals surface area contributed by atoms with Gasteiger partial charge in [-0.1, -0.05) is 68.2 Å². The minimum Gasteiger partial charge on any atom is -0.484 e. The summed E-state index contributed by atoms with van der Waals surface area (Å²) in [7, 11) is 0. The Morgan fingerprint density at radius 1 is 1.07 bits per heavy atom. The van der Waals surface area contributed by atoms with Gasteiger partial charge in [-0.2, -0.15) is 0 Å². The van der Waals surface area contributed by atoms with Gasteiger partial charge in [0.15, 0.2) is 6.61 Å². The van der Waals surface area contributed by atoms with Gasteiger partial charge < -0.3 is 15.0 Å². The highest BCUT2D eigenvalue weighted by Gasteiger charge is 2.29. The zero-order valence-electron chi connectivity index (χ0n) is 17.5. The summed E-state index contributed by atoms with van der Waals surface area (Å²) in [5, 5.41) is 3.77. The van der Waals surface area contributed by atoms with Crippen LogP contribution in [-0.2, 0) is 16.1 Å². The topological polar surface area (TPSA) is 58.6 Å². The molecule has 2 aromatic carbocycles. The quantitative estimate of drug-likeness (QED) is 0.556. The second kappa shape index (κ2) is 11.8. The SMILES string of the molecule is CC[C@H](C(=O)NCC(C)C)N(Cc1ccc(Cl)c(Cl)c1)C(=O)COc1ccccc1. The van der Waals surface area contributed by atoms with E-state index in [0.29, 0.717) is 34.7 Å². The van der Waals surface area contributed by atoms with Crippen molar-refractivity contribution in [3.63, 3.8) is 0 Å². The van der Waals surface area contributed by atoms with Crippen molar-refractivity contribution in [2.75, 3.05) is 13.2 Å². The predicted molar refractivity (Wildman–Crippen MR) is 121 cm³/mol. The number of hydrogen-bond donors (Lipinski definition) is 1. The summed E-state index contributed by atoms with van der Waals surface area (Å²) in [5.41, 5.74) is 0.785. The number of halogens is 2. The molecule has 0 unspecified atom stereocenters. The second-order valence-corrected chi connectivity index (χ2v) is 8.25. The number of amides is 2. The number of benzene rings is 2. The van der Waals surface area contributed by atoms with Crippen LogP contribution < -0.4 is 10.1 Å². The lowest BCUT2D eigenvalue weighted by Gasteiger charge is -2.31. The van der Waals surface area contributed by atoms with Gasteiger partial charge in [-0.15, -0.1) is 0 Å². The average Bonchev–Trinajstić information content (AvgIpc) is 2.73. The third kappa shape index (κ3) is 7.22. The molecule has 2 amide bonds. The summed E-state index contributed by atoms with van der Waals surface area (Å²) >= 11 is 12.2. The maximum absolute atomic E-state index is 13.1. The lowest BCUT2D eigenvalue weighted by Crippen LogP contribution is -2.50. The Morgan fingerprint density at radius 2 is 1.77 bits per heavy atom. The van der Waals surface area contributed by atoms with Crippen molar-refractivity contribution in [3.8, 4) is 5.75 Å². The van der Waals surface area contributed by atoms with E-state index in [-0.39, 0.29) is 25.0 Å². The highest BCUT2D eigenvalue weighted by Crippen LogP contribution is 2.24. The van der Waals surface area contributed by atoms with Crippen LogP contribution in [0.5, 0.6) is 5.75 Å². The molecule has 2 aromatic rings. The zero-order valence-corrected chi connectivity index (χ0v) is 19.0. The van der Waals surface area contributed by atoms with Gasteiger partial charge in [0.2, 0.25) is 5.91 Å². The first kappa shape index (κ1) is 24.0. The molecule has 5 nitrogen and oxygen atoms in total. The molecule has 0 aliphatic carbocycles. The fourth-order valence-corrected chi connectivity index (χ4v) is 3.24. The van der Waals surface area contributed by atoms with Crippen LogP contribution in [0.2, 0.25) is 10.0 Å². The fraction of sp³-hybridized carbons (Fsp3) is 0.391. The van der Waals surface area contributed by atoms with Gasteiger partial charge in [-0.3, -0.25) is 9.59 Å². The molecule has 0 heterocycles. The molecule has 0 radical (unpaired) electrons. The molecular weight excluding hydrogens is 423 g/mol. The molecule has 0 fully saturated rings. The Kier molecular flexibility index (Phi) is 9.47. The monoisotopic (exact) mass is 450 g/mol. The molecule has 1 N–H and O–H groups in total. The van der Waals surface area contributed by atoms with Crippen LogP contribution in [0.4, 0.5) is 0 Å². The number of nitrogens with zero attached hydrogens (tertiary/aromatic N) is 1. The number of para-hydroxylation sites is 1. The summed E-state index contributed by atoms with van der Waals surface area (Å²) < 4.78 is 5.63. The Bertz CT molecular complexity index is 844. The Labute approximate surface area is 188 Å². The number of carbonyl (C=O) groups excluding carboxylic acids is 2. The molecule has 1 atom stereocenters. The van der Waals surface area contributed by atoms with Crippen molar-refractivity contribution < 1.29 is 14.3 Å². The van der Waals surface area contributed by atoms with E-state index in [9.17, 15) is 9.59 Å². The van der Waals surface area contributed by atoms with Gasteiger partial charge >= 0.3 is 0 Å². The van der Waals surface area contributed by atoms with Gasteiger partial charge in [0.25, 0.3) is 5.91 Å². The third-order valence-corrected chi connectivity index (χ3v) is 5.25. The second-order valence-electron chi connectivity index (χ2n) is 7.43. The van der Waals surface area contributed by atoms with Crippen molar-refractivity contribution in [1.82, 2.24) is 10.2 Å². The lowest BCUT2D eigenvalue weighted by molar-refractivity contribution is -0.143. The molecule has 162 valence electrons. The third-order valence-electron chi connectivity index (χ3n) is 4.51. The number of ether oxygens (including phenoxy) is 1. The van der Waals surface area contributed by atoms with E-state index in [1.807, 2.05) is 39.0 Å². The maximum Gasteiger partial charge on any atom is 0.261 e. The largest absolute Gasteiger partial charge is 0.484 e. The van der Waals surface area contributed by atoms with Crippen LogP contribution in [0.3, 0.4) is 0 Å². The average molecular weight is 451 g/mol. The standard InChI is InChI=1S/C23H28Cl2N2O3/c1-4-21(23(29)26-13-16(2)3)27(14-17-10-11-19(24)20(25)12-17)22(28)15-30-18-8-6-5-7-9-18/h5-12,16,21H,4,13-15H2,1-3H3,(H,26,29)/t21-/m1/s1. The van der Waals surface area contributed by atoms with Crippen LogP contribution >= 0.6 is 23.2 Å². The first-order valence-electron chi connectivity index (χ1n) is 10.0. The van der Waals surface area contributed by atoms with Crippen molar-refractivity contribution in [1.29, 1.82) is 0 Å². The van der Waals surface area contributed by atoms with E-state index in [1.165, 1.54) is 4.90 Å². The zero-order chi connectivity index (χ0) is 22.1. The molecule has 0 saturated carbocycles. The summed E-state index contributed by atoms with van der Waals surface area (Å²) in [4.78, 5) is 27.4. The lowest BCUT2D eigenvalue weighted by atomic mass is 10.1. The van der Waals surface area contributed by atoms with Gasteiger partial charge in [0.1, 0.15) is 11.8 Å². The van der Waals surface area contributed by atoms with Crippen LogP contribution in [0.25, 0.3) is 0 Å². The molecule has 0 aliphatic rings. The van der Waals surface area contributed by atoms with Crippen molar-refractivity contribution in [2.24, 2.45) is 5.92 Å². The van der Waals surface area contributed by atoms with Gasteiger partial charge in [-0.05, 0) is 42.2 Å². The molecule has 0 spiro atoms. The van der Waals surface area contributed by atoms with Crippen molar-refractivity contribution >= 4 is 35.0 Å². The summed E-state index contributed by atoms with van der Waals surface area (Å²) in [5.74, 6) is 0.445. The van der Waals surface area contributed by atoms with Gasteiger partial charge in [0, 0.05) is 13.1 Å². The first-order valence-corrected chi connectivity index (χ1v) is 10.8. The molecule has 0 aromatic heterocycles. The Balaban J connectivity index is 2.21. The summed E-state index contributed by atoms with van der Waals surface area (Å²) in [6.45, 7) is 6.53. The van der Waals surface area contributed by atoms with E-state index in [4.69, 9.17) is 27.9 Å². The van der Waals surface area contributed by atoms with Crippen LogP contribution in [0.15, 0.2) is 48.5 Å². The van der Waals surface area contributed by atoms with Gasteiger partial charge in [0.05, 0.1) is 10.0 Å². The van der Waals surface area contributed by atoms with Crippen LogP contribution in [0.1, 0.15) is 32.8 Å². The molecular formula is C23H28Cl2N2O3. The maximum atomic E-state index is 13.1. The minimum absolute atomic E-state index is 0.167. The highest BCUT2D eigenvalue weighted by atomic mass is 35.5. The van der Waals surface area contributed by atoms with E-state index in [1.54, 1.807) is 30.3 Å². The smallest absolute Gasteiger partial charge is 0.261 e. The number of carbonyl (C=O) groups is 2. The summed E-state index contributed by atoms with van der Waals surface area (Å²) in [6.07, 6.45) is 0.475. The molecule has 30 heavy (non-hydrogen) atoms. The fourth-order valence-electron chi connectivity index (χ4n) is 2.92. The normalized spacial score (nSPS) is 11.8. The molecule has 0 aliphatic heterocycles. The van der Waals surface area contributed by atoms with E-state index in [0.717, 1.165) is 5.56 Å². The van der Waals surface area contributed by atoms with E-state index in [2.05, 4.69) is 5.32 Å². The molecule has 7 heteroatoms. The summed E-state index contributed by atoms with van der Waals surface area (Å²) in [6, 6.07) is 13.7. The van der Waals surface area contributed by atoms with E-state index < -0.39 is 6.04 Å². The minimum atomic E-state index is -0.620. The van der Waals surface area contributed by atoms with Crippen molar-refractivity contribution in [3.05, 3.63) is 64.1 Å². The van der Waals surface area contributed by atoms with Crippen LogP contribution in [0, 0.1) is 5.92 Å². The number of nitrogens with one attached hydrogen (secondary N) is 1. The molecule has 0 saturated heterocycles. The van der Waals surface area contributed by atoms with Gasteiger partial charge in [-0.25, -0.2) is 0 Å². The number of rotatable bonds is 10. The number of hydrogen-bond acceptors (Lipinski definition) is 3. The van der Waals surface area contributed by atoms with E-state index >= 15 is 0 Å². The van der Waals surface area contributed by atoms with Crippen molar-refractivity contribution in [2.45, 2.75) is 39.8 Å². The van der Waals surface area contributed by atoms with Crippen LogP contribution in [-0.4, -0.2) is 35.9 Å². The first-order chi connectivity index (χ1) is 14.3. The Morgan fingerprint density at radius 3 is 2.37 bits per heavy atom. The Hall–Kier alpha value is -2.24. The molecule has 2 rings (SSSR count).